The van der Waals surface area contributed by atoms with Crippen molar-refractivity contribution in [1.29, 1.82) is 0 Å². The van der Waals surface area contributed by atoms with Crippen LogP contribution >= 0.6 is 11.8 Å². The third kappa shape index (κ3) is 2.23. The minimum absolute atomic E-state index is 0.226. The van der Waals surface area contributed by atoms with E-state index >= 15 is 0 Å². The lowest BCUT2D eigenvalue weighted by molar-refractivity contribution is -0.155. The Bertz CT molecular complexity index is 256. The van der Waals surface area contributed by atoms with Crippen LogP contribution in [0.25, 0.3) is 0 Å². The van der Waals surface area contributed by atoms with Crippen LogP contribution in [-0.2, 0) is 4.79 Å². The zero-order chi connectivity index (χ0) is 11.6. The number of carboxylic acid groups (broad SMARTS) is 1. The Balaban J connectivity index is 2.11. The maximum Gasteiger partial charge on any atom is 0.309 e. The van der Waals surface area contributed by atoms with Crippen molar-refractivity contribution in [2.24, 2.45) is 17.1 Å². The van der Waals surface area contributed by atoms with Gasteiger partial charge in [-0.05, 0) is 55.9 Å². The summed E-state index contributed by atoms with van der Waals surface area (Å²) >= 11 is 1.92. The van der Waals surface area contributed by atoms with Crippen LogP contribution in [0.15, 0.2) is 0 Å². The van der Waals surface area contributed by atoms with Gasteiger partial charge in [-0.15, -0.1) is 0 Å². The van der Waals surface area contributed by atoms with E-state index in [2.05, 4.69) is 0 Å². The molecule has 3 N–H and O–H groups in total. The highest BCUT2D eigenvalue weighted by molar-refractivity contribution is 7.99. The second kappa shape index (κ2) is 4.96. The second-order valence-electron chi connectivity index (χ2n) is 5.21. The molecule has 2 aliphatic rings. The lowest BCUT2D eigenvalue weighted by atomic mass is 9.64. The molecule has 0 radical (unpaired) electrons. The normalized spacial score (nSPS) is 40.6. The van der Waals surface area contributed by atoms with Crippen molar-refractivity contribution in [2.75, 3.05) is 11.5 Å². The molecule has 0 aromatic heterocycles. The summed E-state index contributed by atoms with van der Waals surface area (Å²) in [7, 11) is 0. The second-order valence-corrected chi connectivity index (χ2v) is 6.36. The molecule has 0 aromatic carbocycles. The largest absolute Gasteiger partial charge is 0.481 e. The average molecular weight is 243 g/mol. The first-order valence-corrected chi connectivity index (χ1v) is 7.37. The van der Waals surface area contributed by atoms with E-state index in [-0.39, 0.29) is 6.04 Å². The number of carbonyl (C=O) groups is 1. The Morgan fingerprint density at radius 3 is 2.50 bits per heavy atom. The van der Waals surface area contributed by atoms with Crippen LogP contribution in [0.2, 0.25) is 0 Å². The van der Waals surface area contributed by atoms with Crippen LogP contribution in [0.5, 0.6) is 0 Å². The number of thioether (sulfide) groups is 1. The summed E-state index contributed by atoms with van der Waals surface area (Å²) in [5.74, 6) is 2.02. The molecule has 0 spiro atoms. The van der Waals surface area contributed by atoms with E-state index in [9.17, 15) is 9.90 Å². The maximum absolute atomic E-state index is 11.6. The van der Waals surface area contributed by atoms with Gasteiger partial charge in [0.25, 0.3) is 0 Å². The zero-order valence-electron chi connectivity index (χ0n) is 9.65. The van der Waals surface area contributed by atoms with Crippen molar-refractivity contribution in [3.8, 4) is 0 Å². The van der Waals surface area contributed by atoms with Gasteiger partial charge in [-0.25, -0.2) is 0 Å². The quantitative estimate of drug-likeness (QED) is 0.779. The van der Waals surface area contributed by atoms with E-state index in [1.165, 1.54) is 12.2 Å². The zero-order valence-corrected chi connectivity index (χ0v) is 10.5. The summed E-state index contributed by atoms with van der Waals surface area (Å²) in [5.41, 5.74) is 5.43. The fourth-order valence-corrected chi connectivity index (χ4v) is 4.44. The van der Waals surface area contributed by atoms with Crippen LogP contribution in [0, 0.1) is 11.3 Å². The van der Waals surface area contributed by atoms with Crippen molar-refractivity contribution in [3.63, 3.8) is 0 Å². The summed E-state index contributed by atoms with van der Waals surface area (Å²) in [6.07, 6.45) is 5.61. The van der Waals surface area contributed by atoms with Crippen molar-refractivity contribution >= 4 is 17.7 Å². The number of aliphatic carboxylic acids is 1. The van der Waals surface area contributed by atoms with E-state index in [0.717, 1.165) is 37.9 Å². The van der Waals surface area contributed by atoms with Crippen molar-refractivity contribution in [2.45, 2.75) is 44.6 Å². The Kier molecular flexibility index (Phi) is 3.80. The number of rotatable bonds is 2. The molecule has 1 saturated heterocycles. The van der Waals surface area contributed by atoms with Crippen LogP contribution in [0.4, 0.5) is 0 Å². The minimum atomic E-state index is -0.577. The van der Waals surface area contributed by atoms with Crippen LogP contribution in [0.1, 0.15) is 38.5 Å². The molecule has 1 atom stereocenters. The molecule has 1 unspecified atom stereocenters. The molecule has 0 bridgehead atoms. The molecular formula is C12H21NO2S. The molecule has 92 valence electrons. The predicted octanol–water partition coefficient (Wildman–Crippen LogP) is 2.10. The van der Waals surface area contributed by atoms with E-state index in [1.54, 1.807) is 0 Å². The highest BCUT2D eigenvalue weighted by atomic mass is 32.2. The van der Waals surface area contributed by atoms with E-state index in [1.807, 2.05) is 11.8 Å². The van der Waals surface area contributed by atoms with Crippen molar-refractivity contribution in [1.82, 2.24) is 0 Å². The number of nitrogens with two attached hydrogens (primary N) is 1. The van der Waals surface area contributed by atoms with Gasteiger partial charge in [0, 0.05) is 6.04 Å². The first-order chi connectivity index (χ1) is 7.65. The summed E-state index contributed by atoms with van der Waals surface area (Å²) in [6.45, 7) is 0. The average Bonchev–Trinajstić information content (AvgIpc) is 2.31. The summed E-state index contributed by atoms with van der Waals surface area (Å²) in [4.78, 5) is 11.6. The fourth-order valence-electron chi connectivity index (χ4n) is 3.13. The van der Waals surface area contributed by atoms with E-state index in [0.29, 0.717) is 5.92 Å². The summed E-state index contributed by atoms with van der Waals surface area (Å²) in [5, 5.41) is 9.58. The fraction of sp³-hybridized carbons (Fsp3) is 0.917. The highest BCUT2D eigenvalue weighted by Crippen LogP contribution is 2.47. The minimum Gasteiger partial charge on any atom is -0.481 e. The molecule has 1 heterocycles. The SMILES string of the molecule is NC1CCC(C(=O)O)(C2CCCSC2)CC1. The smallest absolute Gasteiger partial charge is 0.309 e. The van der Waals surface area contributed by atoms with Gasteiger partial charge in [-0.3, -0.25) is 4.79 Å². The lowest BCUT2D eigenvalue weighted by Gasteiger charge is -2.43. The summed E-state index contributed by atoms with van der Waals surface area (Å²) < 4.78 is 0. The molecule has 16 heavy (non-hydrogen) atoms. The monoisotopic (exact) mass is 243 g/mol. The topological polar surface area (TPSA) is 63.3 Å². The maximum atomic E-state index is 11.6. The number of carboxylic acids is 1. The lowest BCUT2D eigenvalue weighted by Crippen LogP contribution is -2.46. The van der Waals surface area contributed by atoms with Crippen LogP contribution < -0.4 is 5.73 Å². The van der Waals surface area contributed by atoms with Gasteiger partial charge in [0.1, 0.15) is 0 Å². The Morgan fingerprint density at radius 1 is 1.31 bits per heavy atom. The van der Waals surface area contributed by atoms with Gasteiger partial charge >= 0.3 is 5.97 Å². The highest BCUT2D eigenvalue weighted by Gasteiger charge is 2.47. The molecule has 1 saturated carbocycles. The van der Waals surface area contributed by atoms with Gasteiger partial charge < -0.3 is 10.8 Å². The molecule has 0 aromatic rings. The molecule has 1 aliphatic heterocycles. The van der Waals surface area contributed by atoms with Gasteiger partial charge in [0.05, 0.1) is 5.41 Å². The molecule has 2 rings (SSSR count). The third-order valence-corrected chi connectivity index (χ3v) is 5.51. The number of hydrogen-bond acceptors (Lipinski definition) is 3. The Morgan fingerprint density at radius 2 is 2.00 bits per heavy atom. The van der Waals surface area contributed by atoms with E-state index < -0.39 is 11.4 Å². The Labute approximate surface area is 101 Å². The van der Waals surface area contributed by atoms with Crippen molar-refractivity contribution in [3.05, 3.63) is 0 Å². The molecule has 1 aliphatic carbocycles. The molecular weight excluding hydrogens is 222 g/mol. The molecule has 0 amide bonds. The summed E-state index contributed by atoms with van der Waals surface area (Å²) in [6, 6.07) is 0.226. The molecule has 3 nitrogen and oxygen atoms in total. The number of hydrogen-bond donors (Lipinski definition) is 2. The first kappa shape index (κ1) is 12.2. The standard InChI is InChI=1S/C12H21NO2S/c13-10-3-5-12(6-4-10,11(14)15)9-2-1-7-16-8-9/h9-10H,1-8,13H2,(H,14,15). The predicted molar refractivity (Wildman–Crippen MR) is 66.6 cm³/mol. The molecule has 4 heteroatoms. The van der Waals surface area contributed by atoms with Gasteiger partial charge in [0.2, 0.25) is 0 Å². The van der Waals surface area contributed by atoms with Gasteiger partial charge in [0.15, 0.2) is 0 Å². The first-order valence-electron chi connectivity index (χ1n) is 6.22. The molecule has 2 fully saturated rings. The van der Waals surface area contributed by atoms with Crippen LogP contribution in [-0.4, -0.2) is 28.6 Å². The van der Waals surface area contributed by atoms with Crippen LogP contribution in [0.3, 0.4) is 0 Å². The van der Waals surface area contributed by atoms with E-state index in [4.69, 9.17) is 5.73 Å². The van der Waals surface area contributed by atoms with Gasteiger partial charge in [-0.2, -0.15) is 11.8 Å². The van der Waals surface area contributed by atoms with Gasteiger partial charge in [-0.1, -0.05) is 0 Å². The Hall–Kier alpha value is -0.220. The van der Waals surface area contributed by atoms with Crippen molar-refractivity contribution < 1.29 is 9.90 Å². The third-order valence-electron chi connectivity index (χ3n) is 4.29.